The van der Waals surface area contributed by atoms with E-state index in [1.807, 2.05) is 0 Å². The molecule has 11 heteroatoms. The molecule has 0 bridgehead atoms. The van der Waals surface area contributed by atoms with Gasteiger partial charge in [-0.2, -0.15) is 0 Å². The molecule has 1 aliphatic heterocycles. The Bertz CT molecular complexity index is 742. The van der Waals surface area contributed by atoms with Crippen LogP contribution >= 0.6 is 0 Å². The molecule has 0 spiro atoms. The van der Waals surface area contributed by atoms with Gasteiger partial charge in [0.05, 0.1) is 12.9 Å². The molecular weight excluding hydrogens is 296 g/mol. The molecule has 3 heterocycles. The molecule has 11 nitrogen and oxygen atoms in total. The number of hydrazine groups is 1. The summed E-state index contributed by atoms with van der Waals surface area (Å²) in [6.07, 6.45) is -3.49. The molecule has 22 heavy (non-hydrogen) atoms. The van der Waals surface area contributed by atoms with Gasteiger partial charge in [-0.1, -0.05) is 0 Å². The van der Waals surface area contributed by atoms with E-state index in [4.69, 9.17) is 10.6 Å². The van der Waals surface area contributed by atoms with Gasteiger partial charge in [-0.15, -0.1) is 0 Å². The average Bonchev–Trinajstić information content (AvgIpc) is 3.00. The van der Waals surface area contributed by atoms with Crippen molar-refractivity contribution < 1.29 is 20.1 Å². The summed E-state index contributed by atoms with van der Waals surface area (Å²) in [6, 6.07) is 0. The fraction of sp³-hybridized carbons (Fsp3) is 0.545. The largest absolute Gasteiger partial charge is 0.394 e. The number of hydrogen-bond donors (Lipinski definition) is 5. The SMILES string of the molecule is CN(N)c1nc2c(=O)[nH]cnc2n1C1OC(CO)C(O)C1O. The van der Waals surface area contributed by atoms with E-state index in [-0.39, 0.29) is 17.1 Å². The quantitative estimate of drug-likeness (QED) is 0.294. The van der Waals surface area contributed by atoms with Gasteiger partial charge in [0, 0.05) is 7.05 Å². The van der Waals surface area contributed by atoms with Gasteiger partial charge in [-0.25, -0.2) is 15.8 Å². The van der Waals surface area contributed by atoms with Gasteiger partial charge in [0.15, 0.2) is 17.4 Å². The van der Waals surface area contributed by atoms with Gasteiger partial charge in [0.1, 0.15) is 18.3 Å². The summed E-state index contributed by atoms with van der Waals surface area (Å²) in [7, 11) is 1.49. The van der Waals surface area contributed by atoms with E-state index < -0.39 is 36.7 Å². The predicted molar refractivity (Wildman–Crippen MR) is 73.7 cm³/mol. The Kier molecular flexibility index (Phi) is 3.58. The van der Waals surface area contributed by atoms with Gasteiger partial charge >= 0.3 is 0 Å². The summed E-state index contributed by atoms with van der Waals surface area (Å²) in [5.41, 5.74) is -0.308. The van der Waals surface area contributed by atoms with E-state index in [1.165, 1.54) is 17.9 Å². The number of nitrogens with two attached hydrogens (primary N) is 1. The topological polar surface area (TPSA) is 163 Å². The lowest BCUT2D eigenvalue weighted by atomic mass is 10.1. The number of aromatic amines is 1. The number of H-pyrrole nitrogens is 1. The predicted octanol–water partition coefficient (Wildman–Crippen LogP) is -2.96. The molecule has 4 atom stereocenters. The second-order valence-corrected chi connectivity index (χ2v) is 5.03. The lowest BCUT2D eigenvalue weighted by Gasteiger charge is -2.21. The molecule has 0 radical (unpaired) electrons. The normalized spacial score (nSPS) is 28.4. The number of imidazole rings is 1. The maximum atomic E-state index is 11.8. The van der Waals surface area contributed by atoms with Crippen molar-refractivity contribution in [1.29, 1.82) is 0 Å². The number of ether oxygens (including phenoxy) is 1. The van der Waals surface area contributed by atoms with Crippen molar-refractivity contribution in [3.05, 3.63) is 16.7 Å². The molecule has 3 rings (SSSR count). The first kappa shape index (κ1) is 14.9. The number of fused-ring (bicyclic) bond motifs is 1. The molecule has 1 fully saturated rings. The van der Waals surface area contributed by atoms with Crippen molar-refractivity contribution in [2.45, 2.75) is 24.5 Å². The van der Waals surface area contributed by atoms with Crippen molar-refractivity contribution in [3.8, 4) is 0 Å². The number of anilines is 1. The first-order valence-electron chi connectivity index (χ1n) is 6.52. The van der Waals surface area contributed by atoms with E-state index in [2.05, 4.69) is 15.0 Å². The van der Waals surface area contributed by atoms with Crippen LogP contribution in [0.15, 0.2) is 11.1 Å². The van der Waals surface area contributed by atoms with Crippen LogP contribution in [0.2, 0.25) is 0 Å². The highest BCUT2D eigenvalue weighted by molar-refractivity contribution is 5.73. The Morgan fingerprint density at radius 1 is 1.50 bits per heavy atom. The number of rotatable bonds is 3. The molecule has 2 aromatic rings. The molecule has 1 aliphatic rings. The first-order valence-corrected chi connectivity index (χ1v) is 6.52. The summed E-state index contributed by atoms with van der Waals surface area (Å²) >= 11 is 0. The molecule has 2 aromatic heterocycles. The van der Waals surface area contributed by atoms with Crippen LogP contribution < -0.4 is 16.4 Å². The molecule has 0 saturated carbocycles. The van der Waals surface area contributed by atoms with Crippen LogP contribution in [0, 0.1) is 0 Å². The second kappa shape index (κ2) is 5.30. The highest BCUT2D eigenvalue weighted by Gasteiger charge is 2.45. The van der Waals surface area contributed by atoms with Crippen molar-refractivity contribution in [2.24, 2.45) is 5.84 Å². The zero-order chi connectivity index (χ0) is 16.0. The van der Waals surface area contributed by atoms with Crippen LogP contribution in [0.3, 0.4) is 0 Å². The molecular formula is C11H16N6O5. The highest BCUT2D eigenvalue weighted by atomic mass is 16.6. The van der Waals surface area contributed by atoms with E-state index in [1.54, 1.807) is 0 Å². The second-order valence-electron chi connectivity index (χ2n) is 5.03. The van der Waals surface area contributed by atoms with Crippen LogP contribution in [0.4, 0.5) is 5.95 Å². The summed E-state index contributed by atoms with van der Waals surface area (Å²) in [4.78, 5) is 22.3. The summed E-state index contributed by atoms with van der Waals surface area (Å²) in [5, 5.41) is 30.4. The average molecular weight is 312 g/mol. The maximum absolute atomic E-state index is 11.8. The van der Waals surface area contributed by atoms with Crippen LogP contribution in [0.5, 0.6) is 0 Å². The summed E-state index contributed by atoms with van der Waals surface area (Å²) in [5.74, 6) is 5.82. The number of nitrogens with zero attached hydrogens (tertiary/aromatic N) is 4. The van der Waals surface area contributed by atoms with Gasteiger partial charge in [0.2, 0.25) is 5.95 Å². The number of hydrogen-bond acceptors (Lipinski definition) is 9. The van der Waals surface area contributed by atoms with E-state index in [9.17, 15) is 20.1 Å². The zero-order valence-corrected chi connectivity index (χ0v) is 11.6. The molecule has 0 amide bonds. The van der Waals surface area contributed by atoms with Crippen LogP contribution in [-0.2, 0) is 4.74 Å². The fourth-order valence-corrected chi connectivity index (χ4v) is 2.49. The van der Waals surface area contributed by atoms with E-state index >= 15 is 0 Å². The van der Waals surface area contributed by atoms with Crippen LogP contribution in [0.25, 0.3) is 11.2 Å². The fourth-order valence-electron chi connectivity index (χ4n) is 2.49. The minimum absolute atomic E-state index is 0.0209. The van der Waals surface area contributed by atoms with Crippen molar-refractivity contribution >= 4 is 17.1 Å². The maximum Gasteiger partial charge on any atom is 0.278 e. The Hall–Kier alpha value is -2.05. The minimum atomic E-state index is -1.34. The standard InChI is InChI=1S/C11H16N6O5/c1-16(12)11-15-5-8(13-3-14-9(5)21)17(11)10-7(20)6(19)4(2-18)22-10/h3-4,6-7,10,18-20H,2,12H2,1H3,(H,13,14,21). The number of nitrogens with one attached hydrogen (secondary N) is 1. The lowest BCUT2D eigenvalue weighted by molar-refractivity contribution is -0.0504. The highest BCUT2D eigenvalue weighted by Crippen LogP contribution is 2.33. The minimum Gasteiger partial charge on any atom is -0.394 e. The third-order valence-corrected chi connectivity index (χ3v) is 3.55. The third-order valence-electron chi connectivity index (χ3n) is 3.55. The molecule has 0 aliphatic carbocycles. The van der Waals surface area contributed by atoms with Gasteiger partial charge in [-0.3, -0.25) is 14.4 Å². The van der Waals surface area contributed by atoms with E-state index in [0.717, 1.165) is 5.01 Å². The number of aliphatic hydroxyl groups is 3. The lowest BCUT2D eigenvalue weighted by Crippen LogP contribution is -2.34. The summed E-state index contributed by atoms with van der Waals surface area (Å²) in [6.45, 7) is -0.469. The Morgan fingerprint density at radius 2 is 2.23 bits per heavy atom. The van der Waals surface area contributed by atoms with Crippen molar-refractivity contribution in [1.82, 2.24) is 19.5 Å². The molecule has 120 valence electrons. The molecule has 1 saturated heterocycles. The monoisotopic (exact) mass is 312 g/mol. The van der Waals surface area contributed by atoms with Crippen LogP contribution in [-0.4, -0.2) is 66.8 Å². The molecule has 6 N–H and O–H groups in total. The number of aromatic nitrogens is 4. The number of aliphatic hydroxyl groups excluding tert-OH is 3. The third kappa shape index (κ3) is 2.07. The Labute approximate surface area is 123 Å². The first-order chi connectivity index (χ1) is 10.5. The van der Waals surface area contributed by atoms with Crippen LogP contribution in [0.1, 0.15) is 6.23 Å². The van der Waals surface area contributed by atoms with Crippen molar-refractivity contribution in [3.63, 3.8) is 0 Å². The molecule has 4 unspecified atom stereocenters. The molecule has 0 aromatic carbocycles. The van der Waals surface area contributed by atoms with E-state index in [0.29, 0.717) is 0 Å². The van der Waals surface area contributed by atoms with Crippen molar-refractivity contribution in [2.75, 3.05) is 18.7 Å². The van der Waals surface area contributed by atoms with Gasteiger partial charge in [-0.05, 0) is 0 Å². The zero-order valence-electron chi connectivity index (χ0n) is 11.6. The Balaban J connectivity index is 2.19. The van der Waals surface area contributed by atoms with Gasteiger partial charge in [0.25, 0.3) is 5.56 Å². The van der Waals surface area contributed by atoms with Gasteiger partial charge < -0.3 is 25.0 Å². The smallest absolute Gasteiger partial charge is 0.278 e. The summed E-state index contributed by atoms with van der Waals surface area (Å²) < 4.78 is 6.77. The Morgan fingerprint density at radius 3 is 2.82 bits per heavy atom.